The number of hydrogen-bond acceptors (Lipinski definition) is 4. The molecule has 1 aliphatic rings. The molecule has 0 aromatic heterocycles. The summed E-state index contributed by atoms with van der Waals surface area (Å²) in [5, 5.41) is 0. The molecule has 0 spiro atoms. The zero-order valence-electron chi connectivity index (χ0n) is 9.85. The molecule has 1 saturated heterocycles. The first-order valence-corrected chi connectivity index (χ1v) is 6.84. The van der Waals surface area contributed by atoms with Crippen molar-refractivity contribution in [3.8, 4) is 0 Å². The molecule has 92 valence electrons. The maximum absolute atomic E-state index is 11.7. The van der Waals surface area contributed by atoms with Crippen LogP contribution in [0.3, 0.4) is 0 Å². The van der Waals surface area contributed by atoms with Gasteiger partial charge in [0.05, 0.1) is 0 Å². The van der Waals surface area contributed by atoms with E-state index in [0.29, 0.717) is 13.0 Å². The highest BCUT2D eigenvalue weighted by Gasteiger charge is 2.27. The SMILES string of the molecule is CSNCc1ccc(N2CC(N)CC2=O)cc1. The average molecular weight is 251 g/mol. The zero-order chi connectivity index (χ0) is 12.3. The van der Waals surface area contributed by atoms with E-state index in [1.165, 1.54) is 5.56 Å². The molecule has 1 fully saturated rings. The van der Waals surface area contributed by atoms with Gasteiger partial charge >= 0.3 is 0 Å². The fraction of sp³-hybridized carbons (Fsp3) is 0.417. The van der Waals surface area contributed by atoms with Gasteiger partial charge in [-0.05, 0) is 24.0 Å². The Balaban J connectivity index is 2.05. The number of amides is 1. The number of rotatable bonds is 4. The Morgan fingerprint density at radius 2 is 2.18 bits per heavy atom. The van der Waals surface area contributed by atoms with Gasteiger partial charge in [-0.3, -0.25) is 9.52 Å². The average Bonchev–Trinajstić information content (AvgIpc) is 2.66. The normalized spacial score (nSPS) is 20.0. The molecular formula is C12H17N3OS. The highest BCUT2D eigenvalue weighted by molar-refractivity contribution is 7.96. The molecule has 2 rings (SSSR count). The van der Waals surface area contributed by atoms with Crippen molar-refractivity contribution in [2.45, 2.75) is 19.0 Å². The van der Waals surface area contributed by atoms with E-state index in [-0.39, 0.29) is 11.9 Å². The van der Waals surface area contributed by atoms with Crippen molar-refractivity contribution < 1.29 is 4.79 Å². The zero-order valence-corrected chi connectivity index (χ0v) is 10.7. The second-order valence-electron chi connectivity index (χ2n) is 4.16. The molecule has 17 heavy (non-hydrogen) atoms. The highest BCUT2D eigenvalue weighted by atomic mass is 32.2. The van der Waals surface area contributed by atoms with Gasteiger partial charge in [-0.2, -0.15) is 0 Å². The Labute approximate surface area is 106 Å². The first-order chi connectivity index (χ1) is 8.20. The van der Waals surface area contributed by atoms with Gasteiger partial charge in [0, 0.05) is 31.2 Å². The van der Waals surface area contributed by atoms with Crippen molar-refractivity contribution in [3.63, 3.8) is 0 Å². The van der Waals surface area contributed by atoms with Gasteiger partial charge in [0.15, 0.2) is 0 Å². The summed E-state index contributed by atoms with van der Waals surface area (Å²) in [5.74, 6) is 0.118. The summed E-state index contributed by atoms with van der Waals surface area (Å²) in [6.45, 7) is 1.45. The molecule has 1 aromatic carbocycles. The maximum Gasteiger partial charge on any atom is 0.228 e. The second kappa shape index (κ2) is 5.53. The van der Waals surface area contributed by atoms with Crippen LogP contribution in [0.15, 0.2) is 24.3 Å². The molecule has 5 heteroatoms. The summed E-state index contributed by atoms with van der Waals surface area (Å²) >= 11 is 1.60. The lowest BCUT2D eigenvalue weighted by atomic mass is 10.2. The molecule has 0 aliphatic carbocycles. The van der Waals surface area contributed by atoms with Gasteiger partial charge in [-0.15, -0.1) is 0 Å². The van der Waals surface area contributed by atoms with Gasteiger partial charge in [-0.25, -0.2) is 0 Å². The smallest absolute Gasteiger partial charge is 0.228 e. The number of nitrogens with two attached hydrogens (primary N) is 1. The first-order valence-electron chi connectivity index (χ1n) is 5.61. The number of nitrogens with zero attached hydrogens (tertiary/aromatic N) is 1. The second-order valence-corrected chi connectivity index (χ2v) is 4.86. The molecule has 1 atom stereocenters. The van der Waals surface area contributed by atoms with Crippen LogP contribution < -0.4 is 15.4 Å². The van der Waals surface area contributed by atoms with E-state index in [1.54, 1.807) is 16.8 Å². The number of nitrogens with one attached hydrogen (secondary N) is 1. The molecule has 4 nitrogen and oxygen atoms in total. The molecule has 1 aromatic rings. The number of anilines is 1. The molecule has 3 N–H and O–H groups in total. The van der Waals surface area contributed by atoms with Crippen molar-refractivity contribution in [3.05, 3.63) is 29.8 Å². The van der Waals surface area contributed by atoms with Crippen LogP contribution in [0.5, 0.6) is 0 Å². The lowest BCUT2D eigenvalue weighted by Crippen LogP contribution is -2.27. The number of carbonyl (C=O) groups excluding carboxylic acids is 1. The van der Waals surface area contributed by atoms with Crippen molar-refractivity contribution in [1.82, 2.24) is 4.72 Å². The van der Waals surface area contributed by atoms with E-state index < -0.39 is 0 Å². The van der Waals surface area contributed by atoms with Crippen molar-refractivity contribution in [2.24, 2.45) is 5.73 Å². The quantitative estimate of drug-likeness (QED) is 0.787. The van der Waals surface area contributed by atoms with Gasteiger partial charge < -0.3 is 10.6 Å². The lowest BCUT2D eigenvalue weighted by Gasteiger charge is -2.16. The number of hydrogen-bond donors (Lipinski definition) is 2. The summed E-state index contributed by atoms with van der Waals surface area (Å²) in [6, 6.07) is 8.01. The maximum atomic E-state index is 11.7. The summed E-state index contributed by atoms with van der Waals surface area (Å²) in [7, 11) is 0. The van der Waals surface area contributed by atoms with Crippen LogP contribution in [0.2, 0.25) is 0 Å². The largest absolute Gasteiger partial charge is 0.326 e. The Morgan fingerprint density at radius 1 is 1.47 bits per heavy atom. The van der Waals surface area contributed by atoms with Crippen molar-refractivity contribution >= 4 is 23.5 Å². The standard InChI is InChI=1S/C12H17N3OS/c1-17-14-7-9-2-4-11(5-3-9)15-8-10(13)6-12(15)16/h2-5,10,14H,6-8,13H2,1H3. The predicted octanol–water partition coefficient (Wildman–Crippen LogP) is 1.12. The predicted molar refractivity (Wildman–Crippen MR) is 71.7 cm³/mol. The van der Waals surface area contributed by atoms with Crippen molar-refractivity contribution in [1.29, 1.82) is 0 Å². The lowest BCUT2D eigenvalue weighted by molar-refractivity contribution is -0.117. The minimum Gasteiger partial charge on any atom is -0.326 e. The monoisotopic (exact) mass is 251 g/mol. The Kier molecular flexibility index (Phi) is 4.04. The van der Waals surface area contributed by atoms with E-state index in [0.717, 1.165) is 12.2 Å². The molecule has 0 bridgehead atoms. The summed E-state index contributed by atoms with van der Waals surface area (Å²) in [4.78, 5) is 13.4. The van der Waals surface area contributed by atoms with Gasteiger partial charge in [0.2, 0.25) is 5.91 Å². The van der Waals surface area contributed by atoms with Crippen LogP contribution in [-0.2, 0) is 11.3 Å². The van der Waals surface area contributed by atoms with Crippen LogP contribution in [-0.4, -0.2) is 24.7 Å². The topological polar surface area (TPSA) is 58.4 Å². The van der Waals surface area contributed by atoms with Crippen LogP contribution in [0.1, 0.15) is 12.0 Å². The van der Waals surface area contributed by atoms with Crippen LogP contribution in [0.4, 0.5) is 5.69 Å². The first kappa shape index (κ1) is 12.4. The number of benzene rings is 1. The Morgan fingerprint density at radius 3 is 2.71 bits per heavy atom. The third-order valence-electron chi connectivity index (χ3n) is 2.82. The minimum absolute atomic E-state index is 0.0275. The van der Waals surface area contributed by atoms with Crippen LogP contribution in [0, 0.1) is 0 Å². The van der Waals surface area contributed by atoms with Gasteiger partial charge in [0.1, 0.15) is 0 Å². The summed E-state index contributed by atoms with van der Waals surface area (Å²) < 4.78 is 3.19. The molecule has 0 saturated carbocycles. The molecule has 1 amide bonds. The molecular weight excluding hydrogens is 234 g/mol. The third-order valence-corrected chi connectivity index (χ3v) is 3.26. The Hall–Kier alpha value is -1.04. The van der Waals surface area contributed by atoms with E-state index in [4.69, 9.17) is 5.73 Å². The molecule has 0 radical (unpaired) electrons. The fourth-order valence-corrected chi connectivity index (χ4v) is 2.25. The fourth-order valence-electron chi connectivity index (χ4n) is 1.93. The van der Waals surface area contributed by atoms with Crippen LogP contribution in [0.25, 0.3) is 0 Å². The van der Waals surface area contributed by atoms with Crippen molar-refractivity contribution in [2.75, 3.05) is 17.7 Å². The van der Waals surface area contributed by atoms with E-state index in [1.807, 2.05) is 30.5 Å². The Bertz CT molecular complexity index is 393. The molecule has 1 heterocycles. The highest BCUT2D eigenvalue weighted by Crippen LogP contribution is 2.21. The van der Waals surface area contributed by atoms with E-state index >= 15 is 0 Å². The van der Waals surface area contributed by atoms with Gasteiger partial charge in [0.25, 0.3) is 0 Å². The molecule has 1 aliphatic heterocycles. The van der Waals surface area contributed by atoms with E-state index in [9.17, 15) is 4.79 Å². The summed E-state index contributed by atoms with van der Waals surface area (Å²) in [5.41, 5.74) is 7.92. The molecule has 1 unspecified atom stereocenters. The van der Waals surface area contributed by atoms with Crippen LogP contribution >= 0.6 is 11.9 Å². The minimum atomic E-state index is -0.0275. The third kappa shape index (κ3) is 3.00. The number of carbonyl (C=O) groups is 1. The van der Waals surface area contributed by atoms with Gasteiger partial charge in [-0.1, -0.05) is 24.1 Å². The van der Waals surface area contributed by atoms with E-state index in [2.05, 4.69) is 4.72 Å². The summed E-state index contributed by atoms with van der Waals surface area (Å²) in [6.07, 6.45) is 2.45.